The Labute approximate surface area is 133 Å². The molecule has 1 heterocycles. The lowest BCUT2D eigenvalue weighted by Gasteiger charge is -2.09. The Bertz CT molecular complexity index is 756. The largest absolute Gasteiger partial charge is 0.465 e. The van der Waals surface area contributed by atoms with Crippen molar-refractivity contribution in [2.75, 3.05) is 13.7 Å². The number of rotatable bonds is 5. The van der Waals surface area contributed by atoms with Crippen molar-refractivity contribution in [3.8, 4) is 17.7 Å². The number of amidine groups is 1. The first-order valence-corrected chi connectivity index (χ1v) is 6.80. The van der Waals surface area contributed by atoms with Crippen LogP contribution in [0.5, 0.6) is 11.6 Å². The number of nitrogens with two attached hydrogens (primary N) is 1. The average molecular weight is 314 g/mol. The maximum absolute atomic E-state index is 13.8. The Hall–Kier alpha value is -3.14. The van der Waals surface area contributed by atoms with Gasteiger partial charge in [-0.05, 0) is 35.9 Å². The minimum atomic E-state index is -0.380. The topological polar surface area (TPSA) is 93.5 Å². The van der Waals surface area contributed by atoms with Crippen LogP contribution >= 0.6 is 0 Å². The van der Waals surface area contributed by atoms with Gasteiger partial charge in [-0.25, -0.2) is 14.4 Å². The molecule has 0 fully saturated rings. The van der Waals surface area contributed by atoms with E-state index in [0.717, 1.165) is 0 Å². The second-order valence-corrected chi connectivity index (χ2v) is 4.48. The summed E-state index contributed by atoms with van der Waals surface area (Å²) in [6.45, 7) is 0.191. The molecule has 23 heavy (non-hydrogen) atoms. The molecule has 2 rings (SSSR count). The molecule has 0 aliphatic rings. The average Bonchev–Trinajstić information content (AvgIpc) is 2.58. The third-order valence-corrected chi connectivity index (χ3v) is 2.97. The van der Waals surface area contributed by atoms with Crippen LogP contribution in [0, 0.1) is 17.1 Å². The minimum Gasteiger partial charge on any atom is -0.465 e. The van der Waals surface area contributed by atoms with Crippen molar-refractivity contribution in [1.82, 2.24) is 4.98 Å². The molecule has 0 aliphatic heterocycles. The standard InChI is InChI=1S/C16H15FN4O2/c1-20-16(19)22-8-6-11-9-13(4-5-14(11)17)23-15-12(10-18)3-2-7-21-15/h2-5,7,9H,6,8H2,1H3,(H2,19,20). The molecule has 0 saturated heterocycles. The maximum atomic E-state index is 13.8. The lowest BCUT2D eigenvalue weighted by molar-refractivity contribution is 0.301. The highest BCUT2D eigenvalue weighted by molar-refractivity contribution is 5.71. The van der Waals surface area contributed by atoms with Crippen molar-refractivity contribution < 1.29 is 13.9 Å². The second kappa shape index (κ2) is 7.75. The summed E-state index contributed by atoms with van der Waals surface area (Å²) in [5, 5.41) is 9.02. The van der Waals surface area contributed by atoms with Gasteiger partial charge in [0.05, 0.1) is 6.61 Å². The first-order chi connectivity index (χ1) is 11.1. The highest BCUT2D eigenvalue weighted by atomic mass is 19.1. The summed E-state index contributed by atoms with van der Waals surface area (Å²) in [5.41, 5.74) is 6.11. The molecule has 0 radical (unpaired) electrons. The first-order valence-electron chi connectivity index (χ1n) is 6.80. The Morgan fingerprint density at radius 2 is 2.26 bits per heavy atom. The fourth-order valence-electron chi connectivity index (χ4n) is 1.81. The van der Waals surface area contributed by atoms with Crippen LogP contribution in [0.15, 0.2) is 41.5 Å². The van der Waals surface area contributed by atoms with E-state index in [4.69, 9.17) is 20.5 Å². The number of benzene rings is 1. The van der Waals surface area contributed by atoms with Gasteiger partial charge in [0.25, 0.3) is 6.02 Å². The van der Waals surface area contributed by atoms with Crippen molar-refractivity contribution in [3.05, 3.63) is 53.5 Å². The lowest BCUT2D eigenvalue weighted by Crippen LogP contribution is -2.17. The van der Waals surface area contributed by atoms with Crippen LogP contribution in [0.4, 0.5) is 4.39 Å². The van der Waals surface area contributed by atoms with E-state index >= 15 is 0 Å². The Balaban J connectivity index is 2.12. The SMILES string of the molecule is CN=C(N)OCCc1cc(Oc2ncccc2C#N)ccc1F. The molecule has 7 heteroatoms. The number of halogens is 1. The van der Waals surface area contributed by atoms with Crippen LogP contribution in [-0.2, 0) is 11.2 Å². The summed E-state index contributed by atoms with van der Waals surface area (Å²) in [4.78, 5) is 7.65. The zero-order valence-corrected chi connectivity index (χ0v) is 12.5. The zero-order valence-electron chi connectivity index (χ0n) is 12.5. The third-order valence-electron chi connectivity index (χ3n) is 2.97. The van der Waals surface area contributed by atoms with E-state index in [9.17, 15) is 4.39 Å². The molecule has 0 atom stereocenters. The summed E-state index contributed by atoms with van der Waals surface area (Å²) < 4.78 is 24.5. The molecule has 0 saturated carbocycles. The summed E-state index contributed by atoms with van der Waals surface area (Å²) in [7, 11) is 1.50. The van der Waals surface area contributed by atoms with Crippen molar-refractivity contribution in [2.45, 2.75) is 6.42 Å². The van der Waals surface area contributed by atoms with E-state index in [1.54, 1.807) is 12.1 Å². The van der Waals surface area contributed by atoms with E-state index in [1.165, 1.54) is 31.4 Å². The Kier molecular flexibility index (Phi) is 5.47. The van der Waals surface area contributed by atoms with Gasteiger partial charge in [0.1, 0.15) is 23.2 Å². The number of nitriles is 1. The number of aromatic nitrogens is 1. The maximum Gasteiger partial charge on any atom is 0.281 e. The number of aliphatic imine (C=N–C) groups is 1. The minimum absolute atomic E-state index is 0.0463. The molecular weight excluding hydrogens is 299 g/mol. The number of ether oxygens (including phenoxy) is 2. The summed E-state index contributed by atoms with van der Waals surface area (Å²) >= 11 is 0. The summed E-state index contributed by atoms with van der Waals surface area (Å²) in [5.74, 6) is 0.175. The van der Waals surface area contributed by atoms with Gasteiger partial charge < -0.3 is 15.2 Å². The number of nitrogens with zero attached hydrogens (tertiary/aromatic N) is 3. The predicted octanol–water partition coefficient (Wildman–Crippen LogP) is 2.39. The number of pyridine rings is 1. The zero-order chi connectivity index (χ0) is 16.7. The Morgan fingerprint density at radius 3 is 3.00 bits per heavy atom. The van der Waals surface area contributed by atoms with E-state index in [2.05, 4.69) is 9.98 Å². The monoisotopic (exact) mass is 314 g/mol. The molecule has 2 aromatic rings. The smallest absolute Gasteiger partial charge is 0.281 e. The molecule has 6 nitrogen and oxygen atoms in total. The molecule has 0 unspecified atom stereocenters. The number of hydrogen-bond donors (Lipinski definition) is 1. The molecule has 0 bridgehead atoms. The van der Waals surface area contributed by atoms with Gasteiger partial charge in [-0.15, -0.1) is 0 Å². The van der Waals surface area contributed by atoms with E-state index in [1.807, 2.05) is 6.07 Å². The number of hydrogen-bond acceptors (Lipinski definition) is 5. The van der Waals surface area contributed by atoms with Gasteiger partial charge in [0.2, 0.25) is 5.88 Å². The highest BCUT2D eigenvalue weighted by Gasteiger charge is 2.09. The molecule has 2 N–H and O–H groups in total. The highest BCUT2D eigenvalue weighted by Crippen LogP contribution is 2.24. The van der Waals surface area contributed by atoms with E-state index in [-0.39, 0.29) is 24.3 Å². The molecule has 0 amide bonds. The molecule has 1 aromatic heterocycles. The van der Waals surface area contributed by atoms with Crippen LogP contribution in [-0.4, -0.2) is 24.7 Å². The predicted molar refractivity (Wildman–Crippen MR) is 82.6 cm³/mol. The summed E-state index contributed by atoms with van der Waals surface area (Å²) in [6, 6.07) is 9.55. The normalized spacial score (nSPS) is 10.9. The molecule has 0 spiro atoms. The van der Waals surface area contributed by atoms with Crippen LogP contribution in [0.2, 0.25) is 0 Å². The molecule has 0 aliphatic carbocycles. The van der Waals surface area contributed by atoms with Crippen molar-refractivity contribution >= 4 is 6.02 Å². The molecular formula is C16H15FN4O2. The second-order valence-electron chi connectivity index (χ2n) is 4.48. The lowest BCUT2D eigenvalue weighted by atomic mass is 10.1. The van der Waals surface area contributed by atoms with Gasteiger partial charge in [0.15, 0.2) is 0 Å². The van der Waals surface area contributed by atoms with Crippen LogP contribution < -0.4 is 10.5 Å². The van der Waals surface area contributed by atoms with Gasteiger partial charge >= 0.3 is 0 Å². The van der Waals surface area contributed by atoms with Gasteiger partial charge in [-0.2, -0.15) is 5.26 Å². The van der Waals surface area contributed by atoms with Crippen LogP contribution in [0.1, 0.15) is 11.1 Å². The van der Waals surface area contributed by atoms with Gasteiger partial charge in [0, 0.05) is 19.7 Å². The molecule has 118 valence electrons. The van der Waals surface area contributed by atoms with E-state index < -0.39 is 0 Å². The van der Waals surface area contributed by atoms with Crippen molar-refractivity contribution in [1.29, 1.82) is 5.26 Å². The fourth-order valence-corrected chi connectivity index (χ4v) is 1.81. The first kappa shape index (κ1) is 16.2. The van der Waals surface area contributed by atoms with Crippen LogP contribution in [0.3, 0.4) is 0 Å². The van der Waals surface area contributed by atoms with Crippen LogP contribution in [0.25, 0.3) is 0 Å². The van der Waals surface area contributed by atoms with Crippen molar-refractivity contribution in [2.24, 2.45) is 10.7 Å². The van der Waals surface area contributed by atoms with E-state index in [0.29, 0.717) is 23.3 Å². The van der Waals surface area contributed by atoms with Gasteiger partial charge in [-0.1, -0.05) is 0 Å². The molecule has 1 aromatic carbocycles. The van der Waals surface area contributed by atoms with Crippen molar-refractivity contribution in [3.63, 3.8) is 0 Å². The Morgan fingerprint density at radius 1 is 1.43 bits per heavy atom. The summed E-state index contributed by atoms with van der Waals surface area (Å²) in [6.07, 6.45) is 1.81. The third kappa shape index (κ3) is 4.41. The fraction of sp³-hybridized carbons (Fsp3) is 0.188. The quantitative estimate of drug-likeness (QED) is 0.675. The van der Waals surface area contributed by atoms with Gasteiger partial charge in [-0.3, -0.25) is 0 Å².